The molecule has 6 heteroatoms. The highest BCUT2D eigenvalue weighted by Gasteiger charge is 2.32. The molecule has 5 nitrogen and oxygen atoms in total. The van der Waals surface area contributed by atoms with Crippen molar-refractivity contribution >= 4 is 17.2 Å². The summed E-state index contributed by atoms with van der Waals surface area (Å²) >= 11 is 1.68. The first kappa shape index (κ1) is 15.9. The highest BCUT2D eigenvalue weighted by molar-refractivity contribution is 7.10. The van der Waals surface area contributed by atoms with E-state index in [-0.39, 0.29) is 17.5 Å². The van der Waals surface area contributed by atoms with Crippen LogP contribution in [0.15, 0.2) is 34.4 Å². The first-order chi connectivity index (χ1) is 11.2. The van der Waals surface area contributed by atoms with Crippen molar-refractivity contribution in [3.63, 3.8) is 0 Å². The molecular formula is C17H21N3O2S. The van der Waals surface area contributed by atoms with Gasteiger partial charge in [-0.15, -0.1) is 11.3 Å². The average molecular weight is 331 g/mol. The van der Waals surface area contributed by atoms with Crippen LogP contribution in [0.5, 0.6) is 0 Å². The zero-order chi connectivity index (χ0) is 16.2. The molecule has 0 N–H and O–H groups in total. The number of hydrogen-bond donors (Lipinski definition) is 0. The quantitative estimate of drug-likeness (QED) is 0.846. The molecule has 1 aliphatic rings. The molecule has 23 heavy (non-hydrogen) atoms. The molecule has 0 spiro atoms. The molecule has 1 saturated heterocycles. The van der Waals surface area contributed by atoms with Gasteiger partial charge in [0.1, 0.15) is 5.69 Å². The summed E-state index contributed by atoms with van der Waals surface area (Å²) in [6.45, 7) is 3.37. The van der Waals surface area contributed by atoms with Crippen molar-refractivity contribution in [3.8, 4) is 0 Å². The Balaban J connectivity index is 1.83. The Bertz CT molecular complexity index is 724. The monoisotopic (exact) mass is 331 g/mol. The summed E-state index contributed by atoms with van der Waals surface area (Å²) in [6.07, 6.45) is 3.86. The molecule has 0 aliphatic carbocycles. The maximum absolute atomic E-state index is 12.8. The van der Waals surface area contributed by atoms with E-state index in [1.54, 1.807) is 17.4 Å². The average Bonchev–Trinajstić information content (AvgIpc) is 3.24. The zero-order valence-corrected chi connectivity index (χ0v) is 14.1. The number of likely N-dealkylation sites (tertiary alicyclic amines) is 1. The van der Waals surface area contributed by atoms with Gasteiger partial charge in [-0.05, 0) is 36.8 Å². The molecule has 2 aromatic heterocycles. The molecule has 122 valence electrons. The van der Waals surface area contributed by atoms with Crippen molar-refractivity contribution < 1.29 is 4.79 Å². The predicted molar refractivity (Wildman–Crippen MR) is 90.7 cm³/mol. The lowest BCUT2D eigenvalue weighted by molar-refractivity contribution is 0.0729. The van der Waals surface area contributed by atoms with E-state index in [9.17, 15) is 9.59 Å². The standard InChI is InChI=1S/C17H21N3O2S/c1-2-3-11-20-16(21)9-8-13(18-20)17(22)19-10-4-6-14(19)15-7-5-12-23-15/h5,7-9,12,14H,2-4,6,10-11H2,1H3. The largest absolute Gasteiger partial charge is 0.329 e. The number of hydrogen-bond acceptors (Lipinski definition) is 4. The Morgan fingerprint density at radius 1 is 1.39 bits per heavy atom. The van der Waals surface area contributed by atoms with Crippen LogP contribution in [0.3, 0.4) is 0 Å². The van der Waals surface area contributed by atoms with E-state index in [2.05, 4.69) is 18.1 Å². The normalized spacial score (nSPS) is 17.6. The van der Waals surface area contributed by atoms with Crippen LogP contribution < -0.4 is 5.56 Å². The van der Waals surface area contributed by atoms with E-state index in [1.165, 1.54) is 15.6 Å². The summed E-state index contributed by atoms with van der Waals surface area (Å²) in [5.41, 5.74) is 0.218. The van der Waals surface area contributed by atoms with Gasteiger partial charge in [0.15, 0.2) is 0 Å². The van der Waals surface area contributed by atoms with Crippen LogP contribution in [0.1, 0.15) is 54.0 Å². The predicted octanol–water partition coefficient (Wildman–Crippen LogP) is 3.08. The number of aromatic nitrogens is 2. The van der Waals surface area contributed by atoms with Crippen LogP contribution >= 0.6 is 11.3 Å². The van der Waals surface area contributed by atoms with Crippen LogP contribution in [-0.4, -0.2) is 27.1 Å². The van der Waals surface area contributed by atoms with Gasteiger partial charge in [-0.2, -0.15) is 5.10 Å². The van der Waals surface area contributed by atoms with Gasteiger partial charge >= 0.3 is 0 Å². The van der Waals surface area contributed by atoms with E-state index >= 15 is 0 Å². The molecule has 1 unspecified atom stereocenters. The number of aryl methyl sites for hydroxylation is 1. The molecule has 1 atom stereocenters. The zero-order valence-electron chi connectivity index (χ0n) is 13.3. The maximum Gasteiger partial charge on any atom is 0.274 e. The number of thiophene rings is 1. The van der Waals surface area contributed by atoms with Gasteiger partial charge in [-0.25, -0.2) is 4.68 Å². The van der Waals surface area contributed by atoms with Gasteiger partial charge in [-0.1, -0.05) is 19.4 Å². The van der Waals surface area contributed by atoms with Crippen molar-refractivity contribution in [1.29, 1.82) is 0 Å². The second-order valence-electron chi connectivity index (χ2n) is 5.81. The molecule has 2 aromatic rings. The van der Waals surface area contributed by atoms with E-state index in [0.29, 0.717) is 12.2 Å². The highest BCUT2D eigenvalue weighted by atomic mass is 32.1. The molecule has 3 rings (SSSR count). The fourth-order valence-corrected chi connectivity index (χ4v) is 3.84. The minimum Gasteiger partial charge on any atom is -0.329 e. The van der Waals surface area contributed by atoms with Crippen LogP contribution in [0.25, 0.3) is 0 Å². The third-order valence-electron chi connectivity index (χ3n) is 4.19. The number of nitrogens with zero attached hydrogens (tertiary/aromatic N) is 3. The first-order valence-corrected chi connectivity index (χ1v) is 9.01. The van der Waals surface area contributed by atoms with Gasteiger partial charge in [0.25, 0.3) is 11.5 Å². The van der Waals surface area contributed by atoms with Gasteiger partial charge in [0, 0.05) is 24.0 Å². The SMILES string of the molecule is CCCCn1nc(C(=O)N2CCCC2c2cccs2)ccc1=O. The molecule has 1 fully saturated rings. The summed E-state index contributed by atoms with van der Waals surface area (Å²) in [5.74, 6) is -0.0776. The van der Waals surface area contributed by atoms with Gasteiger partial charge in [-0.3, -0.25) is 9.59 Å². The number of unbranched alkanes of at least 4 members (excludes halogenated alkanes) is 1. The fourth-order valence-electron chi connectivity index (χ4n) is 2.96. The van der Waals surface area contributed by atoms with Crippen molar-refractivity contribution in [2.24, 2.45) is 0 Å². The van der Waals surface area contributed by atoms with Crippen molar-refractivity contribution in [3.05, 3.63) is 50.6 Å². The Kier molecular flexibility index (Phi) is 4.91. The summed E-state index contributed by atoms with van der Waals surface area (Å²) in [7, 11) is 0. The van der Waals surface area contributed by atoms with E-state index in [0.717, 1.165) is 32.2 Å². The first-order valence-electron chi connectivity index (χ1n) is 8.13. The third-order valence-corrected chi connectivity index (χ3v) is 5.17. The lowest BCUT2D eigenvalue weighted by atomic mass is 10.2. The summed E-state index contributed by atoms with van der Waals surface area (Å²) < 4.78 is 1.41. The molecule has 3 heterocycles. The Morgan fingerprint density at radius 3 is 3.00 bits per heavy atom. The second kappa shape index (κ2) is 7.08. The van der Waals surface area contributed by atoms with Gasteiger partial charge < -0.3 is 4.90 Å². The molecule has 0 radical (unpaired) electrons. The molecule has 1 aliphatic heterocycles. The van der Waals surface area contributed by atoms with Crippen LogP contribution in [0.4, 0.5) is 0 Å². The highest BCUT2D eigenvalue weighted by Crippen LogP contribution is 2.35. The van der Waals surface area contributed by atoms with E-state index < -0.39 is 0 Å². The van der Waals surface area contributed by atoms with Crippen molar-refractivity contribution in [2.45, 2.75) is 45.2 Å². The topological polar surface area (TPSA) is 55.2 Å². The summed E-state index contributed by atoms with van der Waals surface area (Å²) in [6, 6.07) is 7.24. The number of carbonyl (C=O) groups excluding carboxylic acids is 1. The molecule has 1 amide bonds. The number of carbonyl (C=O) groups is 1. The van der Waals surface area contributed by atoms with Crippen molar-refractivity contribution in [2.75, 3.05) is 6.54 Å². The smallest absolute Gasteiger partial charge is 0.274 e. The minimum atomic E-state index is -0.147. The second-order valence-corrected chi connectivity index (χ2v) is 6.78. The van der Waals surface area contributed by atoms with Crippen molar-refractivity contribution in [1.82, 2.24) is 14.7 Å². The maximum atomic E-state index is 12.8. The van der Waals surface area contributed by atoms with E-state index in [4.69, 9.17) is 0 Å². The Morgan fingerprint density at radius 2 is 2.26 bits per heavy atom. The lowest BCUT2D eigenvalue weighted by Crippen LogP contribution is -2.33. The summed E-state index contributed by atoms with van der Waals surface area (Å²) in [4.78, 5) is 27.8. The molecule has 0 saturated carbocycles. The molecular weight excluding hydrogens is 310 g/mol. The lowest BCUT2D eigenvalue weighted by Gasteiger charge is -2.23. The van der Waals surface area contributed by atoms with Gasteiger partial charge in [0.2, 0.25) is 0 Å². The summed E-state index contributed by atoms with van der Waals surface area (Å²) in [5, 5.41) is 6.33. The van der Waals surface area contributed by atoms with Crippen LogP contribution in [0.2, 0.25) is 0 Å². The van der Waals surface area contributed by atoms with Crippen LogP contribution in [0, 0.1) is 0 Å². The number of amides is 1. The Hall–Kier alpha value is -1.95. The van der Waals surface area contributed by atoms with Crippen LogP contribution in [-0.2, 0) is 6.54 Å². The number of rotatable bonds is 5. The fraction of sp³-hybridized carbons (Fsp3) is 0.471. The minimum absolute atomic E-state index is 0.0776. The molecule has 0 bridgehead atoms. The van der Waals surface area contributed by atoms with Gasteiger partial charge in [0.05, 0.1) is 6.04 Å². The molecule has 0 aromatic carbocycles. The third kappa shape index (κ3) is 3.37. The van der Waals surface area contributed by atoms with E-state index in [1.807, 2.05) is 16.3 Å². The Labute approximate surface area is 139 Å².